The molecule has 0 atom stereocenters. The summed E-state index contributed by atoms with van der Waals surface area (Å²) in [7, 11) is 0. The molecule has 0 radical (unpaired) electrons. The molecule has 0 aromatic heterocycles. The van der Waals surface area contributed by atoms with Crippen LogP contribution in [0, 0.1) is 0 Å². The van der Waals surface area contributed by atoms with E-state index in [1.165, 1.54) is 77.0 Å². The van der Waals surface area contributed by atoms with Gasteiger partial charge in [-0.2, -0.15) is 0 Å². The first kappa shape index (κ1) is 24.7. The number of carbonyl (C=O) groups is 2. The quantitative estimate of drug-likeness (QED) is 0.196. The molecular weight excluding hydrogens is 328 g/mol. The van der Waals surface area contributed by atoms with E-state index in [0.29, 0.717) is 12.0 Å². The molecule has 152 valence electrons. The van der Waals surface area contributed by atoms with E-state index >= 15 is 0 Å². The predicted molar refractivity (Wildman–Crippen MR) is 108 cm³/mol. The molecule has 2 N–H and O–H groups in total. The van der Waals surface area contributed by atoms with Crippen molar-refractivity contribution in [3.05, 3.63) is 11.6 Å². The van der Waals surface area contributed by atoms with Gasteiger partial charge in [-0.05, 0) is 26.2 Å². The highest BCUT2D eigenvalue weighted by molar-refractivity contribution is 5.85. The molecule has 4 heteroatoms. The van der Waals surface area contributed by atoms with Crippen LogP contribution in [0.1, 0.15) is 116 Å². The second-order valence-electron chi connectivity index (χ2n) is 7.43. The van der Waals surface area contributed by atoms with Crippen LogP contribution in [0.4, 0.5) is 0 Å². The van der Waals surface area contributed by atoms with Gasteiger partial charge in [0.1, 0.15) is 0 Å². The molecule has 0 saturated carbocycles. The summed E-state index contributed by atoms with van der Waals surface area (Å²) in [5.74, 6) is -1.48. The Kier molecular flexibility index (Phi) is 17.5. The maximum absolute atomic E-state index is 10.6. The Morgan fingerprint density at radius 1 is 0.615 bits per heavy atom. The highest BCUT2D eigenvalue weighted by Gasteiger charge is 1.98. The van der Waals surface area contributed by atoms with Crippen LogP contribution in [0.2, 0.25) is 0 Å². The van der Waals surface area contributed by atoms with Crippen LogP contribution < -0.4 is 0 Å². The largest absolute Gasteiger partial charge is 0.481 e. The number of unbranched alkanes of at least 4 members (excludes halogenated alkanes) is 15. The molecule has 0 rings (SSSR count). The van der Waals surface area contributed by atoms with E-state index in [2.05, 4.69) is 0 Å². The van der Waals surface area contributed by atoms with Gasteiger partial charge in [-0.1, -0.05) is 89.5 Å². The molecule has 26 heavy (non-hydrogen) atoms. The van der Waals surface area contributed by atoms with Gasteiger partial charge in [0, 0.05) is 12.0 Å². The summed E-state index contributed by atoms with van der Waals surface area (Å²) in [4.78, 5) is 21.0. The summed E-state index contributed by atoms with van der Waals surface area (Å²) in [6.45, 7) is 1.66. The molecule has 0 aromatic rings. The second-order valence-corrected chi connectivity index (χ2v) is 7.43. The van der Waals surface area contributed by atoms with Crippen molar-refractivity contribution in [1.82, 2.24) is 0 Å². The average Bonchev–Trinajstić information content (AvgIpc) is 2.60. The number of hydrogen-bond acceptors (Lipinski definition) is 2. The zero-order valence-electron chi connectivity index (χ0n) is 16.8. The summed E-state index contributed by atoms with van der Waals surface area (Å²) in [5.41, 5.74) is 0.461. The molecule has 0 aliphatic heterocycles. The number of allylic oxidation sites excluding steroid dienone is 1. The zero-order valence-corrected chi connectivity index (χ0v) is 16.8. The molecule has 0 bridgehead atoms. The van der Waals surface area contributed by atoms with E-state index in [-0.39, 0.29) is 0 Å². The molecular formula is C22H40O4. The van der Waals surface area contributed by atoms with Crippen LogP contribution >= 0.6 is 0 Å². The van der Waals surface area contributed by atoms with Gasteiger partial charge >= 0.3 is 11.9 Å². The van der Waals surface area contributed by atoms with E-state index in [4.69, 9.17) is 10.2 Å². The van der Waals surface area contributed by atoms with E-state index in [1.54, 1.807) is 6.92 Å². The third kappa shape index (κ3) is 19.0. The van der Waals surface area contributed by atoms with Crippen LogP contribution in [0.15, 0.2) is 11.6 Å². The van der Waals surface area contributed by atoms with Crippen LogP contribution in [-0.2, 0) is 9.59 Å². The Morgan fingerprint density at radius 2 is 0.962 bits per heavy atom. The van der Waals surface area contributed by atoms with Gasteiger partial charge in [-0.15, -0.1) is 0 Å². The van der Waals surface area contributed by atoms with Crippen molar-refractivity contribution in [2.45, 2.75) is 116 Å². The maximum Gasteiger partial charge on any atom is 0.330 e. The minimum Gasteiger partial charge on any atom is -0.481 e. The topological polar surface area (TPSA) is 74.6 Å². The molecule has 0 aliphatic carbocycles. The normalized spacial score (nSPS) is 11.7. The van der Waals surface area contributed by atoms with Crippen molar-refractivity contribution >= 4 is 11.9 Å². The lowest BCUT2D eigenvalue weighted by Gasteiger charge is -2.03. The van der Waals surface area contributed by atoms with Crippen molar-refractivity contribution in [2.24, 2.45) is 0 Å². The van der Waals surface area contributed by atoms with Crippen molar-refractivity contribution in [3.63, 3.8) is 0 Å². The number of hydrogen-bond donors (Lipinski definition) is 2. The SMILES string of the molecule is CC(=CCCCCCCCCCCCCCCCCCC(=O)O)C(=O)O. The average molecular weight is 369 g/mol. The lowest BCUT2D eigenvalue weighted by atomic mass is 10.0. The molecule has 0 unspecified atom stereocenters. The van der Waals surface area contributed by atoms with E-state index in [9.17, 15) is 9.59 Å². The molecule has 0 heterocycles. The Morgan fingerprint density at radius 3 is 1.31 bits per heavy atom. The fraction of sp³-hybridized carbons (Fsp3) is 0.818. The fourth-order valence-corrected chi connectivity index (χ4v) is 3.12. The van der Waals surface area contributed by atoms with Gasteiger partial charge in [0.2, 0.25) is 0 Å². The number of aliphatic carboxylic acids is 2. The first-order valence-corrected chi connectivity index (χ1v) is 10.7. The van der Waals surface area contributed by atoms with Crippen LogP contribution in [0.25, 0.3) is 0 Å². The zero-order chi connectivity index (χ0) is 19.5. The third-order valence-electron chi connectivity index (χ3n) is 4.88. The Labute approximate surface area is 160 Å². The second kappa shape index (κ2) is 18.5. The molecule has 4 nitrogen and oxygen atoms in total. The van der Waals surface area contributed by atoms with E-state index in [1.807, 2.05) is 6.08 Å². The molecule has 0 saturated heterocycles. The molecule has 0 spiro atoms. The van der Waals surface area contributed by atoms with Crippen LogP contribution in [-0.4, -0.2) is 22.2 Å². The first-order chi connectivity index (χ1) is 12.5. The molecule has 0 aliphatic rings. The summed E-state index contributed by atoms with van der Waals surface area (Å²) >= 11 is 0. The Balaban J connectivity index is 3.12. The van der Waals surface area contributed by atoms with Crippen molar-refractivity contribution in [1.29, 1.82) is 0 Å². The number of rotatable bonds is 19. The Hall–Kier alpha value is -1.32. The van der Waals surface area contributed by atoms with Crippen LogP contribution in [0.3, 0.4) is 0 Å². The van der Waals surface area contributed by atoms with Crippen molar-refractivity contribution in [3.8, 4) is 0 Å². The highest BCUT2D eigenvalue weighted by atomic mass is 16.4. The van der Waals surface area contributed by atoms with Crippen molar-refractivity contribution in [2.75, 3.05) is 0 Å². The minimum atomic E-state index is -0.805. The highest BCUT2D eigenvalue weighted by Crippen LogP contribution is 2.14. The van der Waals surface area contributed by atoms with E-state index < -0.39 is 11.9 Å². The summed E-state index contributed by atoms with van der Waals surface area (Å²) in [6, 6.07) is 0. The summed E-state index contributed by atoms with van der Waals surface area (Å²) in [6.07, 6.45) is 21.5. The first-order valence-electron chi connectivity index (χ1n) is 10.7. The molecule has 0 amide bonds. The molecule has 0 fully saturated rings. The minimum absolute atomic E-state index is 0.321. The lowest BCUT2D eigenvalue weighted by molar-refractivity contribution is -0.137. The Bertz CT molecular complexity index is 388. The number of carboxylic acids is 2. The van der Waals surface area contributed by atoms with E-state index in [0.717, 1.165) is 25.7 Å². The lowest BCUT2D eigenvalue weighted by Crippen LogP contribution is -1.95. The van der Waals surface area contributed by atoms with Gasteiger partial charge in [-0.25, -0.2) is 4.79 Å². The van der Waals surface area contributed by atoms with Gasteiger partial charge in [0.15, 0.2) is 0 Å². The van der Waals surface area contributed by atoms with Gasteiger partial charge in [0.05, 0.1) is 0 Å². The van der Waals surface area contributed by atoms with Gasteiger partial charge in [0.25, 0.3) is 0 Å². The van der Waals surface area contributed by atoms with Gasteiger partial charge < -0.3 is 10.2 Å². The summed E-state index contributed by atoms with van der Waals surface area (Å²) < 4.78 is 0. The van der Waals surface area contributed by atoms with Crippen molar-refractivity contribution < 1.29 is 19.8 Å². The smallest absolute Gasteiger partial charge is 0.330 e. The predicted octanol–water partition coefficient (Wildman–Crippen LogP) is 6.73. The third-order valence-corrected chi connectivity index (χ3v) is 4.88. The monoisotopic (exact) mass is 368 g/mol. The standard InChI is InChI=1S/C22H40O4/c1-20(22(25)26)18-16-14-12-10-8-6-4-2-3-5-7-9-11-13-15-17-19-21(23)24/h18H,2-17,19H2,1H3,(H,23,24)(H,25,26). The number of carboxylic acid groups (broad SMARTS) is 2. The van der Waals surface area contributed by atoms with Crippen LogP contribution in [0.5, 0.6) is 0 Å². The maximum atomic E-state index is 10.6. The van der Waals surface area contributed by atoms with Gasteiger partial charge in [-0.3, -0.25) is 4.79 Å². The molecule has 0 aromatic carbocycles. The fourth-order valence-electron chi connectivity index (χ4n) is 3.12. The summed E-state index contributed by atoms with van der Waals surface area (Å²) in [5, 5.41) is 17.3.